The first-order chi connectivity index (χ1) is 8.27. The Hall–Kier alpha value is -1.34. The molecule has 0 bridgehead atoms. The van der Waals surface area contributed by atoms with Crippen molar-refractivity contribution in [2.45, 2.75) is 12.8 Å². The highest BCUT2D eigenvalue weighted by Gasteiger charge is 2.24. The van der Waals surface area contributed by atoms with Gasteiger partial charge in [-0.2, -0.15) is 0 Å². The molecule has 0 heterocycles. The summed E-state index contributed by atoms with van der Waals surface area (Å²) in [5.41, 5.74) is 5.53. The molecule has 2 aromatic carbocycles. The molecule has 0 fully saturated rings. The maximum absolute atomic E-state index is 3.63. The lowest BCUT2D eigenvalue weighted by Crippen LogP contribution is -1.99. The number of halogens is 1. The molecule has 2 aromatic rings. The van der Waals surface area contributed by atoms with Crippen LogP contribution in [0.2, 0.25) is 0 Å². The van der Waals surface area contributed by atoms with E-state index in [1.165, 1.54) is 26.7 Å². The Kier molecular flexibility index (Phi) is 2.64. The van der Waals surface area contributed by atoms with Crippen LogP contribution in [0.5, 0.6) is 0 Å². The fourth-order valence-corrected chi connectivity index (χ4v) is 3.10. The molecule has 0 saturated carbocycles. The van der Waals surface area contributed by atoms with Gasteiger partial charge in [0.05, 0.1) is 0 Å². The third-order valence-electron chi connectivity index (χ3n) is 3.36. The lowest BCUT2D eigenvalue weighted by atomic mass is 9.89. The van der Waals surface area contributed by atoms with Crippen molar-refractivity contribution in [3.8, 4) is 0 Å². The van der Waals surface area contributed by atoms with Gasteiger partial charge in [0.1, 0.15) is 0 Å². The Morgan fingerprint density at radius 3 is 2.47 bits per heavy atom. The van der Waals surface area contributed by atoms with Crippen molar-refractivity contribution < 1.29 is 0 Å². The Bertz CT molecular complexity index is 582. The van der Waals surface area contributed by atoms with Crippen LogP contribution in [0.3, 0.4) is 0 Å². The largest absolute Gasteiger partial charge is 0.0622 e. The van der Waals surface area contributed by atoms with Gasteiger partial charge in [0, 0.05) is 10.4 Å². The molecule has 17 heavy (non-hydrogen) atoms. The highest BCUT2D eigenvalue weighted by Crippen LogP contribution is 2.42. The molecule has 0 saturated heterocycles. The molecule has 0 aromatic heterocycles. The minimum absolute atomic E-state index is 0.420. The number of allylic oxidation sites excluding steroid dienone is 1. The summed E-state index contributed by atoms with van der Waals surface area (Å²) in [5.74, 6) is 0.420. The molecule has 0 N–H and O–H groups in total. The molecule has 0 radical (unpaired) electrons. The van der Waals surface area contributed by atoms with Crippen LogP contribution in [-0.4, -0.2) is 0 Å². The van der Waals surface area contributed by atoms with E-state index in [0.29, 0.717) is 5.92 Å². The lowest BCUT2D eigenvalue weighted by Gasteiger charge is -2.15. The number of benzene rings is 2. The standard InChI is InChI=1S/C16H13Br/c1-11-10-14-13(8-5-9-15(14)17)16(11)12-6-3-2-4-7-12/h2-10,16H,1H3. The first kappa shape index (κ1) is 10.8. The molecule has 1 aliphatic rings. The average Bonchev–Trinajstić information content (AvgIpc) is 2.68. The lowest BCUT2D eigenvalue weighted by molar-refractivity contribution is 0.976. The van der Waals surface area contributed by atoms with Gasteiger partial charge in [-0.05, 0) is 29.7 Å². The Morgan fingerprint density at radius 1 is 0.941 bits per heavy atom. The van der Waals surface area contributed by atoms with Crippen molar-refractivity contribution in [2.75, 3.05) is 0 Å². The summed E-state index contributed by atoms with van der Waals surface area (Å²) in [4.78, 5) is 0. The van der Waals surface area contributed by atoms with Crippen molar-refractivity contribution in [1.82, 2.24) is 0 Å². The van der Waals surface area contributed by atoms with Crippen LogP contribution in [-0.2, 0) is 0 Å². The maximum atomic E-state index is 3.63. The van der Waals surface area contributed by atoms with Gasteiger partial charge >= 0.3 is 0 Å². The first-order valence-corrected chi connectivity index (χ1v) is 6.58. The summed E-state index contributed by atoms with van der Waals surface area (Å²) >= 11 is 3.63. The minimum atomic E-state index is 0.420. The van der Waals surface area contributed by atoms with Crippen LogP contribution in [0.15, 0.2) is 58.6 Å². The summed E-state index contributed by atoms with van der Waals surface area (Å²) in [7, 11) is 0. The van der Waals surface area contributed by atoms with Crippen LogP contribution in [0.1, 0.15) is 29.5 Å². The minimum Gasteiger partial charge on any atom is -0.0622 e. The molecule has 3 rings (SSSR count). The van der Waals surface area contributed by atoms with Gasteiger partial charge in [-0.1, -0.05) is 70.0 Å². The molecule has 0 aliphatic heterocycles. The monoisotopic (exact) mass is 284 g/mol. The van der Waals surface area contributed by atoms with Gasteiger partial charge < -0.3 is 0 Å². The molecule has 1 unspecified atom stereocenters. The fraction of sp³-hybridized carbons (Fsp3) is 0.125. The summed E-state index contributed by atoms with van der Waals surface area (Å²) in [6.07, 6.45) is 2.29. The summed E-state index contributed by atoms with van der Waals surface area (Å²) < 4.78 is 1.19. The Morgan fingerprint density at radius 2 is 1.71 bits per heavy atom. The van der Waals surface area contributed by atoms with E-state index in [2.05, 4.69) is 77.5 Å². The van der Waals surface area contributed by atoms with Gasteiger partial charge in [-0.15, -0.1) is 0 Å². The predicted molar refractivity (Wildman–Crippen MR) is 76.1 cm³/mol. The predicted octanol–water partition coefficient (Wildman–Crippen LogP) is 5.00. The van der Waals surface area contributed by atoms with Crippen molar-refractivity contribution in [3.05, 3.63) is 75.3 Å². The Labute approximate surface area is 110 Å². The second-order valence-electron chi connectivity index (χ2n) is 4.47. The van der Waals surface area contributed by atoms with Crippen molar-refractivity contribution in [1.29, 1.82) is 0 Å². The molecule has 1 aliphatic carbocycles. The topological polar surface area (TPSA) is 0 Å². The van der Waals surface area contributed by atoms with Gasteiger partial charge in [0.15, 0.2) is 0 Å². The fourth-order valence-electron chi connectivity index (χ4n) is 2.60. The van der Waals surface area contributed by atoms with Gasteiger partial charge in [-0.3, -0.25) is 0 Å². The van der Waals surface area contributed by atoms with Crippen LogP contribution >= 0.6 is 15.9 Å². The van der Waals surface area contributed by atoms with E-state index in [4.69, 9.17) is 0 Å². The van der Waals surface area contributed by atoms with E-state index in [1.807, 2.05) is 0 Å². The zero-order valence-electron chi connectivity index (χ0n) is 9.65. The van der Waals surface area contributed by atoms with Gasteiger partial charge in [-0.25, -0.2) is 0 Å². The van der Waals surface area contributed by atoms with Crippen LogP contribution in [0.25, 0.3) is 6.08 Å². The van der Waals surface area contributed by atoms with E-state index >= 15 is 0 Å². The zero-order valence-corrected chi connectivity index (χ0v) is 11.2. The van der Waals surface area contributed by atoms with Crippen molar-refractivity contribution >= 4 is 22.0 Å². The quantitative estimate of drug-likeness (QED) is 0.691. The van der Waals surface area contributed by atoms with Crippen LogP contribution < -0.4 is 0 Å². The molecular weight excluding hydrogens is 272 g/mol. The molecule has 0 spiro atoms. The molecule has 1 heteroatoms. The number of fused-ring (bicyclic) bond motifs is 1. The average molecular weight is 285 g/mol. The number of rotatable bonds is 1. The van der Waals surface area contributed by atoms with Crippen molar-refractivity contribution in [3.63, 3.8) is 0 Å². The highest BCUT2D eigenvalue weighted by atomic mass is 79.9. The SMILES string of the molecule is CC1=Cc2c(Br)cccc2C1c1ccccc1. The first-order valence-electron chi connectivity index (χ1n) is 5.79. The molecule has 0 amide bonds. The number of hydrogen-bond donors (Lipinski definition) is 0. The normalized spacial score (nSPS) is 17.8. The third kappa shape index (κ3) is 1.75. The zero-order chi connectivity index (χ0) is 11.8. The third-order valence-corrected chi connectivity index (χ3v) is 4.05. The van der Waals surface area contributed by atoms with Gasteiger partial charge in [0.25, 0.3) is 0 Å². The second-order valence-corrected chi connectivity index (χ2v) is 5.33. The van der Waals surface area contributed by atoms with E-state index < -0.39 is 0 Å². The summed E-state index contributed by atoms with van der Waals surface area (Å²) in [5, 5.41) is 0. The van der Waals surface area contributed by atoms with E-state index in [1.54, 1.807) is 0 Å². The van der Waals surface area contributed by atoms with Crippen molar-refractivity contribution in [2.24, 2.45) is 0 Å². The summed E-state index contributed by atoms with van der Waals surface area (Å²) in [6.45, 7) is 2.21. The Balaban J connectivity index is 2.17. The van der Waals surface area contributed by atoms with E-state index in [9.17, 15) is 0 Å². The van der Waals surface area contributed by atoms with Gasteiger partial charge in [0.2, 0.25) is 0 Å². The molecule has 1 atom stereocenters. The molecule has 0 nitrogen and oxygen atoms in total. The molecule has 84 valence electrons. The number of hydrogen-bond acceptors (Lipinski definition) is 0. The van der Waals surface area contributed by atoms with E-state index in [-0.39, 0.29) is 0 Å². The molecular formula is C16H13Br. The second kappa shape index (κ2) is 4.15. The summed E-state index contributed by atoms with van der Waals surface area (Å²) in [6, 6.07) is 17.2. The van der Waals surface area contributed by atoms with Crippen LogP contribution in [0, 0.1) is 0 Å². The maximum Gasteiger partial charge on any atom is 0.0305 e. The smallest absolute Gasteiger partial charge is 0.0305 e. The van der Waals surface area contributed by atoms with Crippen LogP contribution in [0.4, 0.5) is 0 Å². The highest BCUT2D eigenvalue weighted by molar-refractivity contribution is 9.10. The van der Waals surface area contributed by atoms with E-state index in [0.717, 1.165) is 0 Å².